The number of hydrogen-bond acceptors (Lipinski definition) is 3. The molecule has 0 saturated heterocycles. The van der Waals surface area contributed by atoms with E-state index >= 15 is 0 Å². The van der Waals surface area contributed by atoms with Gasteiger partial charge in [0.1, 0.15) is 5.75 Å². The fraction of sp³-hybridized carbons (Fsp3) is 0.167. The van der Waals surface area contributed by atoms with Crippen molar-refractivity contribution in [3.8, 4) is 5.75 Å². The average Bonchev–Trinajstić information content (AvgIpc) is 2.59. The molecule has 2 aromatic rings. The van der Waals surface area contributed by atoms with Crippen LogP contribution in [0.25, 0.3) is 6.08 Å². The van der Waals surface area contributed by atoms with Gasteiger partial charge < -0.3 is 14.8 Å². The zero-order valence-electron chi connectivity index (χ0n) is 13.3. The Kier molecular flexibility index (Phi) is 6.19. The molecule has 0 bridgehead atoms. The summed E-state index contributed by atoms with van der Waals surface area (Å²) in [6.07, 6.45) is -1.52. The number of anilines is 1. The van der Waals surface area contributed by atoms with Gasteiger partial charge in [-0.25, -0.2) is 0 Å². The van der Waals surface area contributed by atoms with Gasteiger partial charge in [-0.15, -0.1) is 0 Å². The quantitative estimate of drug-likeness (QED) is 0.622. The van der Waals surface area contributed by atoms with E-state index in [1.54, 1.807) is 30.3 Å². The Bertz CT molecular complexity index is 723. The van der Waals surface area contributed by atoms with Crippen molar-refractivity contribution >= 4 is 17.7 Å². The fourth-order valence-corrected chi connectivity index (χ4v) is 1.90. The maximum Gasteiger partial charge on any atom is 0.416 e. The van der Waals surface area contributed by atoms with Crippen LogP contribution >= 0.6 is 0 Å². The number of alkyl halides is 3. The van der Waals surface area contributed by atoms with Gasteiger partial charge >= 0.3 is 6.18 Å². The van der Waals surface area contributed by atoms with Crippen LogP contribution in [0.1, 0.15) is 11.1 Å². The summed E-state index contributed by atoms with van der Waals surface area (Å²) in [6, 6.07) is 11.2. The topological polar surface area (TPSA) is 47.6 Å². The number of rotatable bonds is 6. The molecule has 1 N–H and O–H groups in total. The summed E-state index contributed by atoms with van der Waals surface area (Å²) in [7, 11) is 1.52. The zero-order valence-corrected chi connectivity index (χ0v) is 13.3. The lowest BCUT2D eigenvalue weighted by Gasteiger charge is -2.07. The van der Waals surface area contributed by atoms with E-state index in [1.807, 2.05) is 0 Å². The Hall–Kier alpha value is -2.80. The molecule has 4 nitrogen and oxygen atoms in total. The summed E-state index contributed by atoms with van der Waals surface area (Å²) in [5, 5.41) is 2.50. The molecule has 0 spiro atoms. The molecule has 0 aliphatic heterocycles. The van der Waals surface area contributed by atoms with Gasteiger partial charge in [-0.2, -0.15) is 13.2 Å². The van der Waals surface area contributed by atoms with Gasteiger partial charge in [0.05, 0.1) is 5.56 Å². The Morgan fingerprint density at radius 2 is 1.72 bits per heavy atom. The fourth-order valence-electron chi connectivity index (χ4n) is 1.90. The Balaban J connectivity index is 1.92. The molecular formula is C18H16F3NO3. The van der Waals surface area contributed by atoms with E-state index in [0.717, 1.165) is 17.7 Å². The lowest BCUT2D eigenvalue weighted by Crippen LogP contribution is -2.09. The van der Waals surface area contributed by atoms with Crippen molar-refractivity contribution in [2.24, 2.45) is 0 Å². The number of halogens is 3. The highest BCUT2D eigenvalue weighted by Crippen LogP contribution is 2.29. The normalized spacial score (nSPS) is 11.5. The van der Waals surface area contributed by atoms with E-state index < -0.39 is 17.6 Å². The Morgan fingerprint density at radius 1 is 1.08 bits per heavy atom. The first-order valence-electron chi connectivity index (χ1n) is 7.26. The highest BCUT2D eigenvalue weighted by Gasteiger charge is 2.29. The molecule has 25 heavy (non-hydrogen) atoms. The number of ether oxygens (including phenoxy) is 2. The Morgan fingerprint density at radius 3 is 2.28 bits per heavy atom. The predicted molar refractivity (Wildman–Crippen MR) is 88.1 cm³/mol. The molecule has 0 heterocycles. The first-order valence-corrected chi connectivity index (χ1v) is 7.26. The van der Waals surface area contributed by atoms with Crippen LogP contribution in [0.2, 0.25) is 0 Å². The van der Waals surface area contributed by atoms with Gasteiger partial charge in [0, 0.05) is 18.9 Å². The van der Waals surface area contributed by atoms with Gasteiger partial charge in [-0.3, -0.25) is 4.79 Å². The minimum atomic E-state index is -4.40. The third-order valence-corrected chi connectivity index (χ3v) is 3.13. The molecule has 7 heteroatoms. The minimum absolute atomic E-state index is 0.144. The second-order valence-electron chi connectivity index (χ2n) is 5.02. The number of methoxy groups -OCH3 is 1. The number of hydrogen-bond donors (Lipinski definition) is 1. The maximum atomic E-state index is 12.5. The van der Waals surface area contributed by atoms with Crippen molar-refractivity contribution in [3.05, 3.63) is 65.7 Å². The molecule has 2 aromatic carbocycles. The van der Waals surface area contributed by atoms with Crippen molar-refractivity contribution in [2.75, 3.05) is 19.2 Å². The standard InChI is InChI=1S/C18H16F3NO3/c1-24-12-25-16-9-2-13(3-10-16)4-11-17(23)22-15-7-5-14(6-8-15)18(19,20)21/h2-11H,12H2,1H3,(H,22,23)/b11-4+. The molecule has 0 aromatic heterocycles. The van der Waals surface area contributed by atoms with Gasteiger partial charge in [-0.05, 0) is 48.0 Å². The van der Waals surface area contributed by atoms with E-state index in [2.05, 4.69) is 5.32 Å². The molecule has 0 aliphatic carbocycles. The van der Waals surface area contributed by atoms with Gasteiger partial charge in [0.15, 0.2) is 6.79 Å². The number of benzene rings is 2. The highest BCUT2D eigenvalue weighted by molar-refractivity contribution is 6.01. The maximum absolute atomic E-state index is 12.5. The summed E-state index contributed by atoms with van der Waals surface area (Å²) in [4.78, 5) is 11.8. The molecule has 0 saturated carbocycles. The number of carbonyl (C=O) groups excluding carboxylic acids is 1. The van der Waals surface area contributed by atoms with E-state index in [4.69, 9.17) is 9.47 Å². The van der Waals surface area contributed by atoms with Crippen LogP contribution in [-0.4, -0.2) is 19.8 Å². The molecule has 132 valence electrons. The molecule has 0 atom stereocenters. The van der Waals surface area contributed by atoms with Crippen LogP contribution in [0, 0.1) is 0 Å². The van der Waals surface area contributed by atoms with Crippen LogP contribution in [0.5, 0.6) is 5.75 Å². The summed E-state index contributed by atoms with van der Waals surface area (Å²) in [6.45, 7) is 0.144. The summed E-state index contributed by atoms with van der Waals surface area (Å²) in [5.74, 6) is 0.188. The monoisotopic (exact) mass is 351 g/mol. The molecule has 1 amide bonds. The number of nitrogens with one attached hydrogen (secondary N) is 1. The van der Waals surface area contributed by atoms with Gasteiger partial charge in [-0.1, -0.05) is 12.1 Å². The van der Waals surface area contributed by atoms with E-state index in [1.165, 1.54) is 25.3 Å². The summed E-state index contributed by atoms with van der Waals surface area (Å²) in [5.41, 5.74) is 0.287. The van der Waals surface area contributed by atoms with Crippen molar-refractivity contribution in [1.82, 2.24) is 0 Å². The highest BCUT2D eigenvalue weighted by atomic mass is 19.4. The van der Waals surface area contributed by atoms with Crippen molar-refractivity contribution < 1.29 is 27.4 Å². The van der Waals surface area contributed by atoms with Crippen LogP contribution in [0.3, 0.4) is 0 Å². The molecule has 0 fully saturated rings. The summed E-state index contributed by atoms with van der Waals surface area (Å²) >= 11 is 0. The van der Waals surface area contributed by atoms with Crippen molar-refractivity contribution in [2.45, 2.75) is 6.18 Å². The van der Waals surface area contributed by atoms with Crippen LogP contribution in [-0.2, 0) is 15.7 Å². The minimum Gasteiger partial charge on any atom is -0.468 e. The molecule has 2 rings (SSSR count). The third kappa shape index (κ3) is 5.96. The smallest absolute Gasteiger partial charge is 0.416 e. The second kappa shape index (κ2) is 8.34. The SMILES string of the molecule is COCOc1ccc(/C=C/C(=O)Nc2ccc(C(F)(F)F)cc2)cc1. The third-order valence-electron chi connectivity index (χ3n) is 3.13. The van der Waals surface area contributed by atoms with Crippen LogP contribution in [0.4, 0.5) is 18.9 Å². The van der Waals surface area contributed by atoms with Crippen LogP contribution in [0.15, 0.2) is 54.6 Å². The lowest BCUT2D eigenvalue weighted by molar-refractivity contribution is -0.137. The second-order valence-corrected chi connectivity index (χ2v) is 5.02. The van der Waals surface area contributed by atoms with E-state index in [9.17, 15) is 18.0 Å². The molecule has 0 aliphatic rings. The lowest BCUT2D eigenvalue weighted by atomic mass is 10.2. The molecule has 0 unspecified atom stereocenters. The van der Waals surface area contributed by atoms with Gasteiger partial charge in [0.25, 0.3) is 0 Å². The predicted octanol–water partition coefficient (Wildman–Crippen LogP) is 4.34. The molecule has 0 radical (unpaired) electrons. The Labute approximate surface area is 142 Å². The van der Waals surface area contributed by atoms with E-state index in [0.29, 0.717) is 5.75 Å². The number of amides is 1. The summed E-state index contributed by atoms with van der Waals surface area (Å²) < 4.78 is 47.4. The first-order chi connectivity index (χ1) is 11.9. The van der Waals surface area contributed by atoms with Crippen molar-refractivity contribution in [3.63, 3.8) is 0 Å². The number of carbonyl (C=O) groups is 1. The van der Waals surface area contributed by atoms with Gasteiger partial charge in [0.2, 0.25) is 5.91 Å². The molecular weight excluding hydrogens is 335 g/mol. The largest absolute Gasteiger partial charge is 0.468 e. The van der Waals surface area contributed by atoms with Crippen molar-refractivity contribution in [1.29, 1.82) is 0 Å². The zero-order chi connectivity index (χ0) is 18.3. The van der Waals surface area contributed by atoms with E-state index in [-0.39, 0.29) is 12.5 Å². The first kappa shape index (κ1) is 18.5. The average molecular weight is 351 g/mol. The van der Waals surface area contributed by atoms with Crippen LogP contribution < -0.4 is 10.1 Å².